The quantitative estimate of drug-likeness (QED) is 0.745. The van der Waals surface area contributed by atoms with Crippen LogP contribution in [0, 0.1) is 0 Å². The predicted octanol–water partition coefficient (Wildman–Crippen LogP) is 2.49. The molecule has 1 aromatic carbocycles. The molecule has 2 fully saturated rings. The number of hydrogen-bond donors (Lipinski definition) is 0. The zero-order valence-electron chi connectivity index (χ0n) is 17.0. The van der Waals surface area contributed by atoms with E-state index in [1.165, 1.54) is 12.0 Å². The largest absolute Gasteiger partial charge is 0.454 e. The second kappa shape index (κ2) is 8.53. The second-order valence-electron chi connectivity index (χ2n) is 8.02. The highest BCUT2D eigenvalue weighted by atomic mass is 16.7. The van der Waals surface area contributed by atoms with Gasteiger partial charge in [-0.1, -0.05) is 12.1 Å². The Morgan fingerprint density at radius 2 is 1.93 bits per heavy atom. The number of amides is 1. The molecule has 0 spiro atoms. The van der Waals surface area contributed by atoms with Gasteiger partial charge in [0.1, 0.15) is 0 Å². The number of piperazine rings is 1. The van der Waals surface area contributed by atoms with Gasteiger partial charge in [0.15, 0.2) is 11.5 Å². The van der Waals surface area contributed by atoms with Gasteiger partial charge >= 0.3 is 0 Å². The lowest BCUT2D eigenvalue weighted by Crippen LogP contribution is -2.55. The molecular weight excluding hydrogens is 354 g/mol. The van der Waals surface area contributed by atoms with Crippen molar-refractivity contribution in [2.45, 2.75) is 39.3 Å². The van der Waals surface area contributed by atoms with E-state index < -0.39 is 0 Å². The van der Waals surface area contributed by atoms with Crippen molar-refractivity contribution >= 4 is 5.91 Å². The fourth-order valence-electron chi connectivity index (χ4n) is 4.39. The minimum Gasteiger partial charge on any atom is -0.454 e. The van der Waals surface area contributed by atoms with E-state index in [-0.39, 0.29) is 5.91 Å². The van der Waals surface area contributed by atoms with Crippen LogP contribution in [0.1, 0.15) is 32.3 Å². The second-order valence-corrected chi connectivity index (χ2v) is 8.02. The average molecular weight is 386 g/mol. The molecule has 0 radical (unpaired) electrons. The molecule has 6 heteroatoms. The minimum absolute atomic E-state index is 0.202. The number of hydrogen-bond acceptors (Lipinski definition) is 5. The first kappa shape index (κ1) is 19.3. The van der Waals surface area contributed by atoms with Crippen LogP contribution in [0.3, 0.4) is 0 Å². The van der Waals surface area contributed by atoms with E-state index in [0.717, 1.165) is 69.3 Å². The van der Waals surface area contributed by atoms with Crippen molar-refractivity contribution in [1.29, 1.82) is 0 Å². The summed E-state index contributed by atoms with van der Waals surface area (Å²) in [5, 5.41) is 0. The van der Waals surface area contributed by atoms with Crippen LogP contribution in [0.2, 0.25) is 0 Å². The molecule has 1 aromatic rings. The van der Waals surface area contributed by atoms with Crippen LogP contribution in [0.15, 0.2) is 29.8 Å². The normalized spacial score (nSPS) is 23.9. The van der Waals surface area contributed by atoms with Crippen LogP contribution < -0.4 is 9.47 Å². The van der Waals surface area contributed by atoms with Gasteiger partial charge in [-0.3, -0.25) is 14.6 Å². The SMILES string of the molecule is C/C=C(\C)C(=O)N1CCC[C@H](N2CCN(Cc3ccc4c(c3)OCO4)CC2)C1. The van der Waals surface area contributed by atoms with Crippen LogP contribution >= 0.6 is 0 Å². The third-order valence-electron chi connectivity index (χ3n) is 6.22. The lowest BCUT2D eigenvalue weighted by molar-refractivity contribution is -0.129. The molecule has 0 N–H and O–H groups in total. The summed E-state index contributed by atoms with van der Waals surface area (Å²) in [4.78, 5) is 19.6. The first-order valence-electron chi connectivity index (χ1n) is 10.4. The molecule has 152 valence electrons. The summed E-state index contributed by atoms with van der Waals surface area (Å²) in [5.74, 6) is 1.91. The molecule has 1 atom stereocenters. The van der Waals surface area contributed by atoms with E-state index in [9.17, 15) is 4.79 Å². The van der Waals surface area contributed by atoms with E-state index in [4.69, 9.17) is 9.47 Å². The maximum Gasteiger partial charge on any atom is 0.249 e. The van der Waals surface area contributed by atoms with E-state index in [1.807, 2.05) is 30.9 Å². The molecule has 1 amide bonds. The third kappa shape index (κ3) is 4.18. The number of benzene rings is 1. The smallest absolute Gasteiger partial charge is 0.249 e. The summed E-state index contributed by atoms with van der Waals surface area (Å²) in [6, 6.07) is 6.74. The topological polar surface area (TPSA) is 45.3 Å². The van der Waals surface area contributed by atoms with Gasteiger partial charge in [-0.05, 0) is 44.4 Å². The van der Waals surface area contributed by atoms with Crippen LogP contribution in [0.4, 0.5) is 0 Å². The van der Waals surface area contributed by atoms with Gasteiger partial charge in [-0.25, -0.2) is 0 Å². The minimum atomic E-state index is 0.202. The van der Waals surface area contributed by atoms with E-state index in [1.54, 1.807) is 0 Å². The van der Waals surface area contributed by atoms with Crippen LogP contribution in [0.5, 0.6) is 11.5 Å². The van der Waals surface area contributed by atoms with E-state index >= 15 is 0 Å². The molecule has 28 heavy (non-hydrogen) atoms. The van der Waals surface area contributed by atoms with Gasteiger partial charge < -0.3 is 14.4 Å². The molecule has 3 aliphatic rings. The van der Waals surface area contributed by atoms with Crippen LogP contribution in [-0.4, -0.2) is 72.7 Å². The highest BCUT2D eigenvalue weighted by Crippen LogP contribution is 2.33. The summed E-state index contributed by atoms with van der Waals surface area (Å²) < 4.78 is 10.9. The molecule has 4 rings (SSSR count). The Hall–Kier alpha value is -2.05. The zero-order chi connectivity index (χ0) is 19.5. The van der Waals surface area contributed by atoms with Crippen molar-refractivity contribution in [1.82, 2.24) is 14.7 Å². The molecule has 0 saturated carbocycles. The van der Waals surface area contributed by atoms with E-state index in [2.05, 4.69) is 21.9 Å². The van der Waals surface area contributed by atoms with Crippen molar-refractivity contribution in [3.05, 3.63) is 35.4 Å². The van der Waals surface area contributed by atoms with Crippen molar-refractivity contribution < 1.29 is 14.3 Å². The van der Waals surface area contributed by atoms with Gasteiger partial charge in [0.2, 0.25) is 12.7 Å². The third-order valence-corrected chi connectivity index (χ3v) is 6.22. The Balaban J connectivity index is 1.28. The number of ether oxygens (including phenoxy) is 2. The fourth-order valence-corrected chi connectivity index (χ4v) is 4.39. The Labute approximate surface area is 167 Å². The molecule has 3 heterocycles. The van der Waals surface area contributed by atoms with Gasteiger partial charge in [0.25, 0.3) is 0 Å². The molecule has 0 aromatic heterocycles. The number of carbonyl (C=O) groups excluding carboxylic acids is 1. The fraction of sp³-hybridized carbons (Fsp3) is 0.591. The standard InChI is InChI=1S/C22H31N3O3/c1-3-17(2)22(26)25-8-4-5-19(15-25)24-11-9-23(10-12-24)14-18-6-7-20-21(13-18)28-16-27-20/h3,6-7,13,19H,4-5,8-12,14-16H2,1-2H3/b17-3+/t19-/m0/s1. The molecule has 0 bridgehead atoms. The highest BCUT2D eigenvalue weighted by molar-refractivity contribution is 5.92. The van der Waals surface area contributed by atoms with Crippen molar-refractivity contribution in [3.63, 3.8) is 0 Å². The molecule has 0 aliphatic carbocycles. The van der Waals surface area contributed by atoms with Crippen molar-refractivity contribution in [3.8, 4) is 11.5 Å². The lowest BCUT2D eigenvalue weighted by Gasteiger charge is -2.43. The van der Waals surface area contributed by atoms with Crippen molar-refractivity contribution in [2.75, 3.05) is 46.1 Å². The lowest BCUT2D eigenvalue weighted by atomic mass is 10.0. The summed E-state index contributed by atoms with van der Waals surface area (Å²) in [5.41, 5.74) is 2.13. The number of carbonyl (C=O) groups is 1. The Morgan fingerprint density at radius 1 is 1.14 bits per heavy atom. The Morgan fingerprint density at radius 3 is 2.71 bits per heavy atom. The number of likely N-dealkylation sites (tertiary alicyclic amines) is 1. The summed E-state index contributed by atoms with van der Waals surface area (Å²) in [7, 11) is 0. The molecule has 0 unspecified atom stereocenters. The monoisotopic (exact) mass is 385 g/mol. The maximum atomic E-state index is 12.5. The average Bonchev–Trinajstić information content (AvgIpc) is 3.21. The first-order chi connectivity index (χ1) is 13.6. The number of rotatable bonds is 4. The molecule has 6 nitrogen and oxygen atoms in total. The number of allylic oxidation sites excluding steroid dienone is 1. The summed E-state index contributed by atoms with van der Waals surface area (Å²) in [6.07, 6.45) is 4.21. The number of piperidine rings is 1. The van der Waals surface area contributed by atoms with Gasteiger partial charge in [-0.15, -0.1) is 0 Å². The van der Waals surface area contributed by atoms with Gasteiger partial charge in [0.05, 0.1) is 0 Å². The van der Waals surface area contributed by atoms with E-state index in [0.29, 0.717) is 12.8 Å². The predicted molar refractivity (Wildman–Crippen MR) is 108 cm³/mol. The van der Waals surface area contributed by atoms with Crippen LogP contribution in [-0.2, 0) is 11.3 Å². The maximum absolute atomic E-state index is 12.5. The molecule has 2 saturated heterocycles. The summed E-state index contributed by atoms with van der Waals surface area (Å²) >= 11 is 0. The van der Waals surface area contributed by atoms with Crippen LogP contribution in [0.25, 0.3) is 0 Å². The number of nitrogens with zero attached hydrogens (tertiary/aromatic N) is 3. The zero-order valence-corrected chi connectivity index (χ0v) is 17.0. The summed E-state index contributed by atoms with van der Waals surface area (Å²) in [6.45, 7) is 11.1. The number of fused-ring (bicyclic) bond motifs is 1. The Bertz CT molecular complexity index is 741. The van der Waals surface area contributed by atoms with Gasteiger partial charge in [-0.2, -0.15) is 0 Å². The molecule has 3 aliphatic heterocycles. The van der Waals surface area contributed by atoms with Crippen molar-refractivity contribution in [2.24, 2.45) is 0 Å². The highest BCUT2D eigenvalue weighted by Gasteiger charge is 2.30. The molecular formula is C22H31N3O3. The first-order valence-corrected chi connectivity index (χ1v) is 10.4. The van der Waals surface area contributed by atoms with Gasteiger partial charge in [0, 0.05) is 57.4 Å². The Kier molecular flexibility index (Phi) is 5.87.